The Bertz CT molecular complexity index is 541. The van der Waals surface area contributed by atoms with Gasteiger partial charge in [-0.05, 0) is 18.6 Å². The summed E-state index contributed by atoms with van der Waals surface area (Å²) in [5.74, 6) is 0.0589. The number of nitrogen functional groups attached to an aromatic ring is 1. The number of rotatable bonds is 8. The van der Waals surface area contributed by atoms with Gasteiger partial charge in [-0.15, -0.1) is 0 Å². The van der Waals surface area contributed by atoms with Crippen LogP contribution in [0.3, 0.4) is 0 Å². The molecular weight excluding hydrogens is 282 g/mol. The second-order valence-electron chi connectivity index (χ2n) is 4.17. The number of hydrogen-bond donors (Lipinski definition) is 1. The minimum atomic E-state index is -3.01. The van der Waals surface area contributed by atoms with E-state index in [-0.39, 0.29) is 24.7 Å². The molecule has 0 aliphatic heterocycles. The molecule has 0 aliphatic rings. The van der Waals surface area contributed by atoms with Crippen LogP contribution in [0.25, 0.3) is 0 Å². The fourth-order valence-corrected chi connectivity index (χ4v) is 2.24. The molecule has 0 amide bonds. The van der Waals surface area contributed by atoms with Crippen LogP contribution in [0.4, 0.5) is 5.69 Å². The van der Waals surface area contributed by atoms with E-state index in [0.29, 0.717) is 17.9 Å². The second-order valence-corrected chi connectivity index (χ2v) is 6.64. The van der Waals surface area contributed by atoms with Crippen LogP contribution in [-0.2, 0) is 19.4 Å². The summed E-state index contributed by atoms with van der Waals surface area (Å²) in [5, 5.41) is 0. The summed E-state index contributed by atoms with van der Waals surface area (Å²) in [7, 11) is -3.01. The maximum Gasteiger partial charge on any atom is 0.344 e. The zero-order valence-corrected chi connectivity index (χ0v) is 12.2. The van der Waals surface area contributed by atoms with E-state index >= 15 is 0 Å². The Balaban J connectivity index is 2.21. The van der Waals surface area contributed by atoms with Crippen molar-refractivity contribution in [2.45, 2.75) is 13.3 Å². The lowest BCUT2D eigenvalue weighted by Gasteiger charge is -2.07. The van der Waals surface area contributed by atoms with Crippen molar-refractivity contribution in [2.75, 3.05) is 30.5 Å². The lowest BCUT2D eigenvalue weighted by Crippen LogP contribution is -2.17. The number of benzene rings is 1. The van der Waals surface area contributed by atoms with Crippen molar-refractivity contribution in [1.29, 1.82) is 0 Å². The monoisotopic (exact) mass is 301 g/mol. The summed E-state index contributed by atoms with van der Waals surface area (Å²) < 4.78 is 32.5. The largest absolute Gasteiger partial charge is 0.482 e. The summed E-state index contributed by atoms with van der Waals surface area (Å²) >= 11 is 0. The van der Waals surface area contributed by atoms with E-state index in [1.807, 2.05) is 0 Å². The summed E-state index contributed by atoms with van der Waals surface area (Å²) in [4.78, 5) is 11.4. The molecular formula is C13H19NO5S. The average Bonchev–Trinajstić information content (AvgIpc) is 2.41. The second kappa shape index (κ2) is 7.74. The average molecular weight is 301 g/mol. The standard InChI is InChI=1S/C13H19NO5S/c1-2-20(16,17)8-4-7-18-13(15)10-19-12-6-3-5-11(14)9-12/h3,5-6,9H,2,4,7-8,10,14H2,1H3. The van der Waals surface area contributed by atoms with Gasteiger partial charge in [0, 0.05) is 17.5 Å². The van der Waals surface area contributed by atoms with Crippen LogP contribution in [0.1, 0.15) is 13.3 Å². The number of nitrogens with two attached hydrogens (primary N) is 1. The zero-order valence-electron chi connectivity index (χ0n) is 11.4. The number of carbonyl (C=O) groups is 1. The summed E-state index contributed by atoms with van der Waals surface area (Å²) in [6.07, 6.45) is 0.292. The summed E-state index contributed by atoms with van der Waals surface area (Å²) in [6, 6.07) is 6.70. The molecule has 0 atom stereocenters. The third kappa shape index (κ3) is 6.42. The molecule has 0 spiro atoms. The number of esters is 1. The van der Waals surface area contributed by atoms with Crippen molar-refractivity contribution in [3.05, 3.63) is 24.3 Å². The van der Waals surface area contributed by atoms with Gasteiger partial charge in [-0.25, -0.2) is 13.2 Å². The van der Waals surface area contributed by atoms with Crippen molar-refractivity contribution < 1.29 is 22.7 Å². The molecule has 0 aliphatic carbocycles. The van der Waals surface area contributed by atoms with Gasteiger partial charge in [-0.3, -0.25) is 0 Å². The topological polar surface area (TPSA) is 95.7 Å². The molecule has 20 heavy (non-hydrogen) atoms. The Morgan fingerprint density at radius 2 is 2.10 bits per heavy atom. The molecule has 112 valence electrons. The lowest BCUT2D eigenvalue weighted by molar-refractivity contribution is -0.146. The Morgan fingerprint density at radius 3 is 2.75 bits per heavy atom. The van der Waals surface area contributed by atoms with Gasteiger partial charge in [0.05, 0.1) is 12.4 Å². The van der Waals surface area contributed by atoms with Gasteiger partial charge in [-0.2, -0.15) is 0 Å². The predicted molar refractivity (Wildman–Crippen MR) is 76.3 cm³/mol. The first-order valence-electron chi connectivity index (χ1n) is 6.27. The first-order chi connectivity index (χ1) is 9.43. The molecule has 6 nitrogen and oxygen atoms in total. The lowest BCUT2D eigenvalue weighted by atomic mass is 10.3. The van der Waals surface area contributed by atoms with Crippen molar-refractivity contribution in [1.82, 2.24) is 0 Å². The molecule has 1 rings (SSSR count). The van der Waals surface area contributed by atoms with Crippen LogP contribution in [0, 0.1) is 0 Å². The van der Waals surface area contributed by atoms with Gasteiger partial charge in [0.25, 0.3) is 0 Å². The van der Waals surface area contributed by atoms with Gasteiger partial charge < -0.3 is 15.2 Å². The summed E-state index contributed by atoms with van der Waals surface area (Å²) in [5.41, 5.74) is 6.11. The van der Waals surface area contributed by atoms with Gasteiger partial charge in [-0.1, -0.05) is 13.0 Å². The third-order valence-electron chi connectivity index (χ3n) is 2.52. The minimum absolute atomic E-state index is 0.0207. The van der Waals surface area contributed by atoms with Gasteiger partial charge in [0.2, 0.25) is 0 Å². The number of carbonyl (C=O) groups excluding carboxylic acids is 1. The molecule has 0 heterocycles. The number of anilines is 1. The van der Waals surface area contributed by atoms with Crippen LogP contribution in [0.5, 0.6) is 5.75 Å². The maximum absolute atomic E-state index is 11.4. The van der Waals surface area contributed by atoms with Gasteiger partial charge >= 0.3 is 5.97 Å². The molecule has 0 bridgehead atoms. The predicted octanol–water partition coefficient (Wildman–Crippen LogP) is 1.02. The number of ether oxygens (including phenoxy) is 2. The van der Waals surface area contributed by atoms with E-state index in [9.17, 15) is 13.2 Å². The summed E-state index contributed by atoms with van der Waals surface area (Å²) in [6.45, 7) is 1.42. The van der Waals surface area contributed by atoms with Crippen LogP contribution in [0.2, 0.25) is 0 Å². The Labute approximate surface area is 118 Å². The Kier molecular flexibility index (Phi) is 6.30. The molecule has 1 aromatic rings. The highest BCUT2D eigenvalue weighted by atomic mass is 32.2. The molecule has 0 radical (unpaired) electrons. The number of hydrogen-bond acceptors (Lipinski definition) is 6. The smallest absolute Gasteiger partial charge is 0.344 e. The molecule has 1 aromatic carbocycles. The zero-order chi connectivity index (χ0) is 15.0. The highest BCUT2D eigenvalue weighted by Crippen LogP contribution is 2.14. The highest BCUT2D eigenvalue weighted by molar-refractivity contribution is 7.91. The minimum Gasteiger partial charge on any atom is -0.482 e. The molecule has 0 aromatic heterocycles. The Morgan fingerprint density at radius 1 is 1.35 bits per heavy atom. The van der Waals surface area contributed by atoms with Crippen molar-refractivity contribution in [2.24, 2.45) is 0 Å². The van der Waals surface area contributed by atoms with Gasteiger partial charge in [0.1, 0.15) is 15.6 Å². The SMILES string of the molecule is CCS(=O)(=O)CCCOC(=O)COc1cccc(N)c1. The van der Waals surface area contributed by atoms with E-state index in [0.717, 1.165) is 0 Å². The van der Waals surface area contributed by atoms with E-state index in [4.69, 9.17) is 15.2 Å². The third-order valence-corrected chi connectivity index (χ3v) is 4.31. The normalized spacial score (nSPS) is 11.1. The van der Waals surface area contributed by atoms with Crippen LogP contribution in [-0.4, -0.2) is 39.1 Å². The molecule has 7 heteroatoms. The van der Waals surface area contributed by atoms with E-state index in [2.05, 4.69) is 0 Å². The molecule has 0 fully saturated rings. The van der Waals surface area contributed by atoms with Crippen molar-refractivity contribution in [3.8, 4) is 5.75 Å². The van der Waals surface area contributed by atoms with E-state index in [1.54, 1.807) is 31.2 Å². The Hall–Kier alpha value is -1.76. The first kappa shape index (κ1) is 16.3. The van der Waals surface area contributed by atoms with Gasteiger partial charge in [0.15, 0.2) is 6.61 Å². The van der Waals surface area contributed by atoms with Crippen molar-refractivity contribution >= 4 is 21.5 Å². The van der Waals surface area contributed by atoms with Crippen LogP contribution in [0.15, 0.2) is 24.3 Å². The number of sulfone groups is 1. The van der Waals surface area contributed by atoms with E-state index < -0.39 is 15.8 Å². The maximum atomic E-state index is 11.4. The van der Waals surface area contributed by atoms with Crippen molar-refractivity contribution in [3.63, 3.8) is 0 Å². The van der Waals surface area contributed by atoms with Crippen LogP contribution >= 0.6 is 0 Å². The highest BCUT2D eigenvalue weighted by Gasteiger charge is 2.08. The fourth-order valence-electron chi connectivity index (χ4n) is 1.40. The quantitative estimate of drug-likeness (QED) is 0.437. The first-order valence-corrected chi connectivity index (χ1v) is 8.09. The fraction of sp³-hybridized carbons (Fsp3) is 0.462. The molecule has 0 saturated heterocycles. The van der Waals surface area contributed by atoms with Crippen LogP contribution < -0.4 is 10.5 Å². The molecule has 0 saturated carbocycles. The van der Waals surface area contributed by atoms with E-state index in [1.165, 1.54) is 0 Å². The molecule has 0 unspecified atom stereocenters. The molecule has 2 N–H and O–H groups in total.